The Morgan fingerprint density at radius 2 is 1.92 bits per heavy atom. The van der Waals surface area contributed by atoms with Gasteiger partial charge in [0.15, 0.2) is 0 Å². The molecule has 13 heavy (non-hydrogen) atoms. The fourth-order valence-electron chi connectivity index (χ4n) is 0.987. The molecule has 2 heteroatoms. The van der Waals surface area contributed by atoms with Crippen LogP contribution in [0.5, 0.6) is 0 Å². The minimum atomic E-state index is 0.618. The van der Waals surface area contributed by atoms with Crippen molar-refractivity contribution in [2.75, 3.05) is 0 Å². The molecule has 1 aromatic carbocycles. The summed E-state index contributed by atoms with van der Waals surface area (Å²) < 4.78 is 0. The van der Waals surface area contributed by atoms with E-state index in [4.69, 9.17) is 5.11 Å². The molecular weight excluding hydrogens is 164 g/mol. The molecule has 1 rings (SSSR count). The first kappa shape index (κ1) is 9.26. The summed E-state index contributed by atoms with van der Waals surface area (Å²) in [5.74, 6) is 0. The monoisotopic (exact) mass is 174 g/mol. The molecule has 0 radical (unpaired) electrons. The number of hydrogen-bond acceptors (Lipinski definition) is 2. The molecule has 0 fully saturated rings. The summed E-state index contributed by atoms with van der Waals surface area (Å²) >= 11 is 0. The van der Waals surface area contributed by atoms with Crippen molar-refractivity contribution in [2.24, 2.45) is 0 Å². The molecule has 0 unspecified atom stereocenters. The number of hydrogen-bond donors (Lipinski definition) is 1. The maximum Gasteiger partial charge on any atom is 0.142 e. The lowest BCUT2D eigenvalue weighted by Gasteiger charge is -1.98. The summed E-state index contributed by atoms with van der Waals surface area (Å²) in [6.45, 7) is 0. The van der Waals surface area contributed by atoms with Crippen LogP contribution in [-0.4, -0.2) is 11.4 Å². The zero-order valence-electron chi connectivity index (χ0n) is 7.05. The molecule has 0 saturated heterocycles. The van der Waals surface area contributed by atoms with Gasteiger partial charge in [-0.2, -0.15) is 0 Å². The van der Waals surface area contributed by atoms with E-state index in [0.29, 0.717) is 11.9 Å². The molecule has 0 atom stereocenters. The molecule has 2 nitrogen and oxygen atoms in total. The number of allylic oxidation sites excluding steroid dienone is 3. The molecule has 0 aliphatic heterocycles. The number of carbonyl (C=O) groups is 1. The van der Waals surface area contributed by atoms with Crippen molar-refractivity contribution in [3.63, 3.8) is 0 Å². The SMILES string of the molecule is O=CC=CC(=CO)c1ccccc1. The van der Waals surface area contributed by atoms with E-state index in [-0.39, 0.29) is 0 Å². The summed E-state index contributed by atoms with van der Waals surface area (Å²) in [5, 5.41) is 8.88. The largest absolute Gasteiger partial charge is 0.515 e. The zero-order valence-corrected chi connectivity index (χ0v) is 7.05. The molecular formula is C11H10O2. The number of carbonyl (C=O) groups excluding carboxylic acids is 1. The Morgan fingerprint density at radius 3 is 2.46 bits per heavy atom. The minimum absolute atomic E-state index is 0.618. The minimum Gasteiger partial charge on any atom is -0.515 e. The fourth-order valence-corrected chi connectivity index (χ4v) is 0.987. The topological polar surface area (TPSA) is 37.3 Å². The molecule has 0 aromatic heterocycles. The van der Waals surface area contributed by atoms with Crippen molar-refractivity contribution in [1.29, 1.82) is 0 Å². The van der Waals surface area contributed by atoms with Crippen molar-refractivity contribution in [2.45, 2.75) is 0 Å². The van der Waals surface area contributed by atoms with E-state index in [1.165, 1.54) is 6.08 Å². The fraction of sp³-hybridized carbons (Fsp3) is 0. The van der Waals surface area contributed by atoms with E-state index in [1.807, 2.05) is 30.3 Å². The van der Waals surface area contributed by atoms with E-state index in [0.717, 1.165) is 11.8 Å². The summed E-state index contributed by atoms with van der Waals surface area (Å²) in [6.07, 6.45) is 4.55. The highest BCUT2D eigenvalue weighted by Gasteiger charge is 1.94. The summed E-state index contributed by atoms with van der Waals surface area (Å²) in [4.78, 5) is 10.1. The van der Waals surface area contributed by atoms with Crippen LogP contribution in [0.4, 0.5) is 0 Å². The number of aliphatic hydroxyl groups is 1. The Kier molecular flexibility index (Phi) is 3.51. The van der Waals surface area contributed by atoms with Gasteiger partial charge < -0.3 is 5.11 Å². The van der Waals surface area contributed by atoms with Crippen molar-refractivity contribution in [3.05, 3.63) is 54.3 Å². The van der Waals surface area contributed by atoms with E-state index >= 15 is 0 Å². The lowest BCUT2D eigenvalue weighted by molar-refractivity contribution is -0.104. The van der Waals surface area contributed by atoms with Gasteiger partial charge in [0.05, 0.1) is 6.26 Å². The van der Waals surface area contributed by atoms with Crippen LogP contribution in [0, 0.1) is 0 Å². The Hall–Kier alpha value is -1.83. The average Bonchev–Trinajstić information content (AvgIpc) is 2.21. The normalized spacial score (nSPS) is 11.8. The number of rotatable bonds is 3. The van der Waals surface area contributed by atoms with E-state index < -0.39 is 0 Å². The van der Waals surface area contributed by atoms with Gasteiger partial charge in [0.2, 0.25) is 0 Å². The maximum atomic E-state index is 10.1. The molecule has 0 heterocycles. The predicted octanol–water partition coefficient (Wildman–Crippen LogP) is 2.34. The summed E-state index contributed by atoms with van der Waals surface area (Å²) in [6, 6.07) is 9.34. The molecule has 0 spiro atoms. The first-order valence-corrected chi connectivity index (χ1v) is 3.90. The van der Waals surface area contributed by atoms with Crippen LogP contribution in [0.3, 0.4) is 0 Å². The first-order chi connectivity index (χ1) is 6.38. The van der Waals surface area contributed by atoms with Crippen molar-refractivity contribution < 1.29 is 9.90 Å². The quantitative estimate of drug-likeness (QED) is 0.330. The number of benzene rings is 1. The maximum absolute atomic E-state index is 10.1. The second-order valence-corrected chi connectivity index (χ2v) is 2.45. The van der Waals surface area contributed by atoms with Gasteiger partial charge in [-0.1, -0.05) is 30.3 Å². The molecule has 1 N–H and O–H groups in total. The number of aliphatic hydroxyl groups excluding tert-OH is 1. The van der Waals surface area contributed by atoms with Crippen LogP contribution in [0.1, 0.15) is 5.56 Å². The van der Waals surface area contributed by atoms with Crippen molar-refractivity contribution in [1.82, 2.24) is 0 Å². The Labute approximate surface area is 76.8 Å². The second kappa shape index (κ2) is 4.93. The van der Waals surface area contributed by atoms with Gasteiger partial charge in [-0.15, -0.1) is 0 Å². The third-order valence-corrected chi connectivity index (χ3v) is 1.60. The number of aldehydes is 1. The molecule has 0 aliphatic rings. The smallest absolute Gasteiger partial charge is 0.142 e. The molecule has 0 amide bonds. The van der Waals surface area contributed by atoms with Crippen LogP contribution in [0.2, 0.25) is 0 Å². The van der Waals surface area contributed by atoms with Gasteiger partial charge in [0, 0.05) is 5.57 Å². The second-order valence-electron chi connectivity index (χ2n) is 2.45. The highest BCUT2D eigenvalue weighted by molar-refractivity contribution is 5.78. The van der Waals surface area contributed by atoms with Crippen LogP contribution >= 0.6 is 0 Å². The van der Waals surface area contributed by atoms with E-state index in [2.05, 4.69) is 0 Å². The van der Waals surface area contributed by atoms with Gasteiger partial charge in [-0.25, -0.2) is 0 Å². The van der Waals surface area contributed by atoms with Gasteiger partial charge >= 0.3 is 0 Å². The van der Waals surface area contributed by atoms with E-state index in [1.54, 1.807) is 6.08 Å². The molecule has 0 saturated carbocycles. The lowest BCUT2D eigenvalue weighted by atomic mass is 10.1. The molecule has 0 aliphatic carbocycles. The van der Waals surface area contributed by atoms with Crippen LogP contribution < -0.4 is 0 Å². The molecule has 1 aromatic rings. The van der Waals surface area contributed by atoms with Crippen LogP contribution in [0.25, 0.3) is 5.57 Å². The van der Waals surface area contributed by atoms with Crippen LogP contribution in [0.15, 0.2) is 48.7 Å². The highest BCUT2D eigenvalue weighted by atomic mass is 16.2. The van der Waals surface area contributed by atoms with Crippen molar-refractivity contribution in [3.8, 4) is 0 Å². The third-order valence-electron chi connectivity index (χ3n) is 1.60. The lowest BCUT2D eigenvalue weighted by Crippen LogP contribution is -1.79. The third kappa shape index (κ3) is 2.60. The Morgan fingerprint density at radius 1 is 1.23 bits per heavy atom. The highest BCUT2D eigenvalue weighted by Crippen LogP contribution is 2.13. The van der Waals surface area contributed by atoms with Gasteiger partial charge in [-0.3, -0.25) is 4.79 Å². The first-order valence-electron chi connectivity index (χ1n) is 3.90. The van der Waals surface area contributed by atoms with Gasteiger partial charge in [0.1, 0.15) is 6.29 Å². The molecule has 66 valence electrons. The van der Waals surface area contributed by atoms with Gasteiger partial charge in [-0.05, 0) is 17.7 Å². The summed E-state index contributed by atoms with van der Waals surface area (Å²) in [7, 11) is 0. The van der Waals surface area contributed by atoms with E-state index in [9.17, 15) is 4.79 Å². The average molecular weight is 174 g/mol. The van der Waals surface area contributed by atoms with Crippen molar-refractivity contribution >= 4 is 11.9 Å². The van der Waals surface area contributed by atoms with Crippen LogP contribution in [-0.2, 0) is 4.79 Å². The summed E-state index contributed by atoms with van der Waals surface area (Å²) in [5.41, 5.74) is 1.50. The standard InChI is InChI=1S/C11H10O2/c12-8-4-7-11(9-13)10-5-2-1-3-6-10/h1-9,13H. The Bertz CT molecular complexity index is 323. The zero-order chi connectivity index (χ0) is 9.52. The predicted molar refractivity (Wildman–Crippen MR) is 52.3 cm³/mol. The molecule has 0 bridgehead atoms. The van der Waals surface area contributed by atoms with Gasteiger partial charge in [0.25, 0.3) is 0 Å². The Balaban J connectivity index is 2.92.